The second-order valence-electron chi connectivity index (χ2n) is 5.79. The lowest BCUT2D eigenvalue weighted by atomic mass is 10.1. The first kappa shape index (κ1) is 14.9. The number of hydrogen-bond donors (Lipinski definition) is 1. The highest BCUT2D eigenvalue weighted by atomic mass is 32.1. The van der Waals surface area contributed by atoms with Crippen molar-refractivity contribution in [3.63, 3.8) is 0 Å². The molecular weight excluding hydrogens is 274 g/mol. The van der Waals surface area contributed by atoms with Crippen molar-refractivity contribution in [1.29, 1.82) is 0 Å². The molecule has 0 saturated carbocycles. The summed E-state index contributed by atoms with van der Waals surface area (Å²) in [6.45, 7) is 10.9. The van der Waals surface area contributed by atoms with Crippen LogP contribution >= 0.6 is 11.3 Å². The van der Waals surface area contributed by atoms with Crippen LogP contribution in [0, 0.1) is 13.8 Å². The van der Waals surface area contributed by atoms with E-state index in [1.165, 1.54) is 11.3 Å². The largest absolute Gasteiger partial charge is 0.426 e. The van der Waals surface area contributed by atoms with Crippen LogP contribution in [-0.2, 0) is 13.6 Å². The predicted molar refractivity (Wildman–Crippen MR) is 79.3 cm³/mol. The molecule has 20 heavy (non-hydrogen) atoms. The summed E-state index contributed by atoms with van der Waals surface area (Å²) in [6, 6.07) is 0. The van der Waals surface area contributed by atoms with Crippen molar-refractivity contribution in [2.75, 3.05) is 0 Å². The summed E-state index contributed by atoms with van der Waals surface area (Å²) in [5, 5.41) is 17.4. The van der Waals surface area contributed by atoms with E-state index in [2.05, 4.69) is 41.4 Å². The van der Waals surface area contributed by atoms with Crippen molar-refractivity contribution in [3.05, 3.63) is 16.4 Å². The van der Waals surface area contributed by atoms with Gasteiger partial charge in [0, 0.05) is 12.6 Å². The third-order valence-electron chi connectivity index (χ3n) is 2.85. The van der Waals surface area contributed by atoms with E-state index in [0.717, 1.165) is 22.1 Å². The van der Waals surface area contributed by atoms with Crippen LogP contribution in [0.2, 0.25) is 0 Å². The summed E-state index contributed by atoms with van der Waals surface area (Å²) in [5.41, 5.74) is 1.89. The maximum Gasteiger partial charge on any atom is 0.299 e. The SMILES string of the molecule is Cc1nn(C)c(C)c1Oc1nnc(CNC(C)(C)C)s1. The fourth-order valence-electron chi connectivity index (χ4n) is 1.68. The minimum atomic E-state index is 0.0587. The van der Waals surface area contributed by atoms with E-state index in [1.54, 1.807) is 4.68 Å². The fourth-order valence-corrected chi connectivity index (χ4v) is 2.32. The highest BCUT2D eigenvalue weighted by molar-refractivity contribution is 7.13. The average Bonchev–Trinajstić information content (AvgIpc) is 2.87. The Kier molecular flexibility index (Phi) is 4.10. The van der Waals surface area contributed by atoms with Gasteiger partial charge in [0.25, 0.3) is 5.19 Å². The summed E-state index contributed by atoms with van der Waals surface area (Å²) >= 11 is 1.45. The second-order valence-corrected chi connectivity index (χ2v) is 6.82. The van der Waals surface area contributed by atoms with Gasteiger partial charge in [-0.3, -0.25) is 4.68 Å². The Labute approximate surface area is 123 Å². The lowest BCUT2D eigenvalue weighted by Gasteiger charge is -2.19. The van der Waals surface area contributed by atoms with Crippen LogP contribution in [0.25, 0.3) is 0 Å². The number of hydrogen-bond acceptors (Lipinski definition) is 6. The molecule has 0 aromatic carbocycles. The molecule has 0 bridgehead atoms. The zero-order valence-electron chi connectivity index (χ0n) is 12.8. The summed E-state index contributed by atoms with van der Waals surface area (Å²) in [5.74, 6) is 0.763. The summed E-state index contributed by atoms with van der Waals surface area (Å²) in [7, 11) is 1.90. The van der Waals surface area contributed by atoms with Gasteiger partial charge in [-0.1, -0.05) is 16.4 Å². The van der Waals surface area contributed by atoms with Gasteiger partial charge < -0.3 is 10.1 Å². The van der Waals surface area contributed by atoms with E-state index in [9.17, 15) is 0 Å². The van der Waals surface area contributed by atoms with Crippen molar-refractivity contribution in [3.8, 4) is 10.9 Å². The van der Waals surface area contributed by atoms with Gasteiger partial charge in [0.05, 0.1) is 12.2 Å². The van der Waals surface area contributed by atoms with Gasteiger partial charge in [-0.25, -0.2) is 0 Å². The van der Waals surface area contributed by atoms with E-state index in [1.807, 2.05) is 20.9 Å². The Bertz CT molecular complexity index is 596. The Morgan fingerprint density at radius 1 is 1.25 bits per heavy atom. The number of nitrogens with one attached hydrogen (secondary N) is 1. The summed E-state index contributed by atoms with van der Waals surface area (Å²) < 4.78 is 7.61. The number of ether oxygens (including phenoxy) is 1. The lowest BCUT2D eigenvalue weighted by molar-refractivity contribution is 0.422. The minimum Gasteiger partial charge on any atom is -0.426 e. The molecule has 1 N–H and O–H groups in total. The zero-order chi connectivity index (χ0) is 14.9. The lowest BCUT2D eigenvalue weighted by Crippen LogP contribution is -2.35. The van der Waals surface area contributed by atoms with Crippen molar-refractivity contribution in [2.24, 2.45) is 7.05 Å². The van der Waals surface area contributed by atoms with Crippen LogP contribution in [0.5, 0.6) is 10.9 Å². The molecule has 0 amide bonds. The maximum atomic E-state index is 5.81. The molecule has 2 rings (SSSR count). The molecule has 0 atom stereocenters. The molecular formula is C13H21N5OS. The molecule has 0 saturated heterocycles. The van der Waals surface area contributed by atoms with Gasteiger partial charge in [0.2, 0.25) is 0 Å². The Hall–Kier alpha value is -1.47. The van der Waals surface area contributed by atoms with Crippen LogP contribution in [0.1, 0.15) is 37.2 Å². The molecule has 2 heterocycles. The number of rotatable bonds is 4. The fraction of sp³-hybridized carbons (Fsp3) is 0.615. The van der Waals surface area contributed by atoms with E-state index in [4.69, 9.17) is 4.74 Å². The Morgan fingerprint density at radius 3 is 2.50 bits per heavy atom. The monoisotopic (exact) mass is 295 g/mol. The van der Waals surface area contributed by atoms with Crippen LogP contribution < -0.4 is 10.1 Å². The molecule has 6 nitrogen and oxygen atoms in total. The average molecular weight is 295 g/mol. The van der Waals surface area contributed by atoms with Crippen molar-refractivity contribution in [2.45, 2.75) is 46.7 Å². The van der Waals surface area contributed by atoms with Crippen LogP contribution in [0.4, 0.5) is 0 Å². The quantitative estimate of drug-likeness (QED) is 0.939. The van der Waals surface area contributed by atoms with Crippen molar-refractivity contribution in [1.82, 2.24) is 25.3 Å². The van der Waals surface area contributed by atoms with E-state index in [-0.39, 0.29) is 5.54 Å². The van der Waals surface area contributed by atoms with Gasteiger partial charge in [-0.2, -0.15) is 5.10 Å². The van der Waals surface area contributed by atoms with Crippen LogP contribution in [0.3, 0.4) is 0 Å². The molecule has 0 aliphatic heterocycles. The highest BCUT2D eigenvalue weighted by Crippen LogP contribution is 2.29. The Balaban J connectivity index is 2.06. The molecule has 0 radical (unpaired) electrons. The van der Waals surface area contributed by atoms with Crippen molar-refractivity contribution >= 4 is 11.3 Å². The molecule has 0 spiro atoms. The standard InChI is InChI=1S/C13H21N5OS/c1-8-11(9(2)18(6)17-8)19-12-16-15-10(20-12)7-14-13(3,4)5/h14H,7H2,1-6H3. The second kappa shape index (κ2) is 5.49. The summed E-state index contributed by atoms with van der Waals surface area (Å²) in [4.78, 5) is 0. The first-order chi connectivity index (χ1) is 9.26. The molecule has 0 aliphatic rings. The number of aryl methyl sites for hydroxylation is 2. The first-order valence-electron chi connectivity index (χ1n) is 6.52. The van der Waals surface area contributed by atoms with E-state index < -0.39 is 0 Å². The summed E-state index contributed by atoms with van der Waals surface area (Å²) in [6.07, 6.45) is 0. The maximum absolute atomic E-state index is 5.81. The van der Waals surface area contributed by atoms with E-state index in [0.29, 0.717) is 11.7 Å². The molecule has 110 valence electrons. The van der Waals surface area contributed by atoms with Gasteiger partial charge in [0.1, 0.15) is 10.7 Å². The predicted octanol–water partition coefficient (Wildman–Crippen LogP) is 2.57. The molecule has 0 unspecified atom stereocenters. The van der Waals surface area contributed by atoms with Gasteiger partial charge in [-0.15, -0.1) is 5.10 Å². The Morgan fingerprint density at radius 2 is 1.95 bits per heavy atom. The highest BCUT2D eigenvalue weighted by Gasteiger charge is 2.15. The third kappa shape index (κ3) is 3.55. The number of aromatic nitrogens is 4. The molecule has 7 heteroatoms. The van der Waals surface area contributed by atoms with E-state index >= 15 is 0 Å². The molecule has 0 aliphatic carbocycles. The topological polar surface area (TPSA) is 64.9 Å². The normalized spacial score (nSPS) is 11.9. The van der Waals surface area contributed by atoms with Crippen LogP contribution in [0.15, 0.2) is 0 Å². The molecule has 2 aromatic heterocycles. The first-order valence-corrected chi connectivity index (χ1v) is 7.33. The van der Waals surface area contributed by atoms with Gasteiger partial charge in [0.15, 0.2) is 5.75 Å². The molecule has 0 fully saturated rings. The number of nitrogens with zero attached hydrogens (tertiary/aromatic N) is 4. The zero-order valence-corrected chi connectivity index (χ0v) is 13.6. The third-order valence-corrected chi connectivity index (χ3v) is 3.65. The van der Waals surface area contributed by atoms with Crippen LogP contribution in [-0.4, -0.2) is 25.5 Å². The van der Waals surface area contributed by atoms with Gasteiger partial charge in [-0.05, 0) is 34.6 Å². The van der Waals surface area contributed by atoms with Gasteiger partial charge >= 0.3 is 0 Å². The molecule has 2 aromatic rings. The smallest absolute Gasteiger partial charge is 0.299 e. The minimum absolute atomic E-state index is 0.0587. The van der Waals surface area contributed by atoms with Crippen molar-refractivity contribution < 1.29 is 4.74 Å².